The topological polar surface area (TPSA) is 32.3 Å². The quantitative estimate of drug-likeness (QED) is 0.192. The monoisotopic (exact) mass is 368 g/mol. The summed E-state index contributed by atoms with van der Waals surface area (Å²) in [5, 5.41) is 3.24. The maximum Gasteiger partial charge on any atom is 0.223 e. The Morgan fingerprint density at radius 1 is 0.654 bits per heavy atom. The number of hydrogen-bond acceptors (Lipinski definition) is 2. The summed E-state index contributed by atoms with van der Waals surface area (Å²) >= 11 is 0. The van der Waals surface area contributed by atoms with E-state index in [1.807, 2.05) is 4.90 Å². The number of carbonyl (C=O) groups excluding carboxylic acids is 1. The third-order valence-electron chi connectivity index (χ3n) is 5.28. The Kier molecular flexibility index (Phi) is 20.3. The van der Waals surface area contributed by atoms with Crippen molar-refractivity contribution in [3.63, 3.8) is 0 Å². The van der Waals surface area contributed by atoms with E-state index in [1.54, 1.807) is 0 Å². The van der Waals surface area contributed by atoms with E-state index in [1.165, 1.54) is 89.9 Å². The van der Waals surface area contributed by atoms with Gasteiger partial charge < -0.3 is 10.2 Å². The van der Waals surface area contributed by atoms with Gasteiger partial charge in [-0.2, -0.15) is 0 Å². The molecule has 0 rings (SSSR count). The summed E-state index contributed by atoms with van der Waals surface area (Å²) in [4.78, 5) is 14.0. The standard InChI is InChI=1S/C23H48N2O/c1-4-7-8-9-10-11-12-13-14-15-16-17-18-19-20-21-23(26)25(6-3)22-24-5-2/h24H,4-22H2,1-3H3. The number of rotatable bonds is 20. The van der Waals surface area contributed by atoms with Crippen LogP contribution >= 0.6 is 0 Å². The van der Waals surface area contributed by atoms with Gasteiger partial charge in [0, 0.05) is 13.0 Å². The Morgan fingerprint density at radius 3 is 1.46 bits per heavy atom. The third kappa shape index (κ3) is 16.9. The molecule has 1 N–H and O–H groups in total. The van der Waals surface area contributed by atoms with Gasteiger partial charge >= 0.3 is 0 Å². The van der Waals surface area contributed by atoms with Gasteiger partial charge in [0.05, 0.1) is 6.67 Å². The molecule has 0 aromatic heterocycles. The molecule has 156 valence electrons. The second kappa shape index (κ2) is 20.7. The van der Waals surface area contributed by atoms with E-state index in [-0.39, 0.29) is 0 Å². The zero-order valence-corrected chi connectivity index (χ0v) is 18.3. The normalized spacial score (nSPS) is 11.0. The van der Waals surface area contributed by atoms with Crippen molar-refractivity contribution in [3.8, 4) is 0 Å². The van der Waals surface area contributed by atoms with E-state index < -0.39 is 0 Å². The summed E-state index contributed by atoms with van der Waals surface area (Å²) in [7, 11) is 0. The fourth-order valence-electron chi connectivity index (χ4n) is 3.43. The van der Waals surface area contributed by atoms with Crippen LogP contribution in [0.25, 0.3) is 0 Å². The van der Waals surface area contributed by atoms with Gasteiger partial charge in [0.15, 0.2) is 0 Å². The lowest BCUT2D eigenvalue weighted by Gasteiger charge is -2.21. The molecule has 0 atom stereocenters. The molecule has 0 aliphatic carbocycles. The van der Waals surface area contributed by atoms with Crippen LogP contribution in [0.15, 0.2) is 0 Å². The van der Waals surface area contributed by atoms with Crippen molar-refractivity contribution in [3.05, 3.63) is 0 Å². The predicted octanol–water partition coefficient (Wildman–Crippen LogP) is 6.66. The third-order valence-corrected chi connectivity index (χ3v) is 5.28. The SMILES string of the molecule is CCCCCCCCCCCCCCCCCC(=O)N(CC)CNCC. The lowest BCUT2D eigenvalue weighted by Crippen LogP contribution is -2.38. The molecule has 0 spiro atoms. The number of nitrogens with zero attached hydrogens (tertiary/aromatic N) is 1. The minimum atomic E-state index is 0.308. The molecular formula is C23H48N2O. The van der Waals surface area contributed by atoms with E-state index in [4.69, 9.17) is 0 Å². The maximum absolute atomic E-state index is 12.1. The zero-order chi connectivity index (χ0) is 19.3. The van der Waals surface area contributed by atoms with Crippen molar-refractivity contribution in [1.82, 2.24) is 10.2 Å². The highest BCUT2D eigenvalue weighted by Crippen LogP contribution is 2.13. The van der Waals surface area contributed by atoms with Crippen LogP contribution in [0, 0.1) is 0 Å². The van der Waals surface area contributed by atoms with E-state index in [0.29, 0.717) is 12.6 Å². The molecule has 3 nitrogen and oxygen atoms in total. The molecule has 0 aliphatic rings. The van der Waals surface area contributed by atoms with Gasteiger partial charge in [-0.15, -0.1) is 0 Å². The molecule has 26 heavy (non-hydrogen) atoms. The van der Waals surface area contributed by atoms with Gasteiger partial charge in [0.1, 0.15) is 0 Å². The zero-order valence-electron chi connectivity index (χ0n) is 18.3. The first kappa shape index (κ1) is 25.4. The maximum atomic E-state index is 12.1. The van der Waals surface area contributed by atoms with Crippen molar-refractivity contribution in [2.24, 2.45) is 0 Å². The Labute approximate surface area is 164 Å². The highest BCUT2D eigenvalue weighted by atomic mass is 16.2. The number of amides is 1. The van der Waals surface area contributed by atoms with Crippen LogP contribution in [-0.4, -0.2) is 30.6 Å². The molecule has 0 aliphatic heterocycles. The highest BCUT2D eigenvalue weighted by Gasteiger charge is 2.09. The number of hydrogen-bond donors (Lipinski definition) is 1. The number of nitrogens with one attached hydrogen (secondary N) is 1. The van der Waals surface area contributed by atoms with Crippen LogP contribution in [-0.2, 0) is 4.79 Å². The van der Waals surface area contributed by atoms with Crippen molar-refractivity contribution in [1.29, 1.82) is 0 Å². The van der Waals surface area contributed by atoms with Crippen molar-refractivity contribution < 1.29 is 4.79 Å². The lowest BCUT2D eigenvalue weighted by molar-refractivity contribution is -0.131. The van der Waals surface area contributed by atoms with E-state index in [9.17, 15) is 4.79 Å². The summed E-state index contributed by atoms with van der Waals surface area (Å²) < 4.78 is 0. The Balaban J connectivity index is 3.27. The Hall–Kier alpha value is -0.570. The van der Waals surface area contributed by atoms with Gasteiger partial charge in [-0.3, -0.25) is 4.79 Å². The van der Waals surface area contributed by atoms with Crippen LogP contribution in [0.3, 0.4) is 0 Å². The van der Waals surface area contributed by atoms with E-state index in [0.717, 1.165) is 25.9 Å². The molecule has 0 saturated carbocycles. The van der Waals surface area contributed by atoms with Crippen LogP contribution in [0.5, 0.6) is 0 Å². The molecule has 0 radical (unpaired) electrons. The van der Waals surface area contributed by atoms with Crippen LogP contribution < -0.4 is 5.32 Å². The fraction of sp³-hybridized carbons (Fsp3) is 0.957. The Morgan fingerprint density at radius 2 is 1.08 bits per heavy atom. The minimum absolute atomic E-state index is 0.308. The molecule has 1 amide bonds. The molecule has 3 heteroatoms. The predicted molar refractivity (Wildman–Crippen MR) is 115 cm³/mol. The second-order valence-corrected chi connectivity index (χ2v) is 7.71. The first-order chi connectivity index (χ1) is 12.8. The van der Waals surface area contributed by atoms with Crippen molar-refractivity contribution in [2.75, 3.05) is 19.8 Å². The van der Waals surface area contributed by atoms with Crippen LogP contribution in [0.2, 0.25) is 0 Å². The average Bonchev–Trinajstić information content (AvgIpc) is 2.65. The van der Waals surface area contributed by atoms with Crippen LogP contribution in [0.1, 0.15) is 124 Å². The van der Waals surface area contributed by atoms with Crippen LogP contribution in [0.4, 0.5) is 0 Å². The van der Waals surface area contributed by atoms with Gasteiger partial charge in [-0.1, -0.05) is 104 Å². The molecule has 0 fully saturated rings. The summed E-state index contributed by atoms with van der Waals surface area (Å²) in [5.41, 5.74) is 0. The van der Waals surface area contributed by atoms with E-state index in [2.05, 4.69) is 26.1 Å². The number of carbonyl (C=O) groups is 1. The van der Waals surface area contributed by atoms with Crippen molar-refractivity contribution >= 4 is 5.91 Å². The first-order valence-corrected chi connectivity index (χ1v) is 11.7. The minimum Gasteiger partial charge on any atom is -0.330 e. The molecule has 0 aromatic rings. The van der Waals surface area contributed by atoms with Crippen molar-refractivity contribution in [2.45, 2.75) is 124 Å². The Bertz CT molecular complexity index is 294. The van der Waals surface area contributed by atoms with Gasteiger partial charge in [-0.25, -0.2) is 0 Å². The summed E-state index contributed by atoms with van der Waals surface area (Å²) in [6.07, 6.45) is 21.2. The van der Waals surface area contributed by atoms with E-state index >= 15 is 0 Å². The molecule has 0 aromatic carbocycles. The molecular weight excluding hydrogens is 320 g/mol. The largest absolute Gasteiger partial charge is 0.330 e. The molecule has 0 bridgehead atoms. The van der Waals surface area contributed by atoms with Gasteiger partial charge in [0.2, 0.25) is 5.91 Å². The second-order valence-electron chi connectivity index (χ2n) is 7.71. The van der Waals surface area contributed by atoms with Gasteiger partial charge in [0.25, 0.3) is 0 Å². The summed E-state index contributed by atoms with van der Waals surface area (Å²) in [6.45, 7) is 8.85. The summed E-state index contributed by atoms with van der Waals surface area (Å²) in [6, 6.07) is 0. The highest BCUT2D eigenvalue weighted by molar-refractivity contribution is 5.76. The first-order valence-electron chi connectivity index (χ1n) is 11.7. The van der Waals surface area contributed by atoms with Gasteiger partial charge in [-0.05, 0) is 19.9 Å². The molecule has 0 saturated heterocycles. The fourth-order valence-corrected chi connectivity index (χ4v) is 3.43. The molecule has 0 heterocycles. The molecule has 0 unspecified atom stereocenters. The smallest absolute Gasteiger partial charge is 0.223 e. The lowest BCUT2D eigenvalue weighted by atomic mass is 10.0. The average molecular weight is 369 g/mol. The number of unbranched alkanes of at least 4 members (excludes halogenated alkanes) is 14. The summed E-state index contributed by atoms with van der Waals surface area (Å²) in [5.74, 6) is 0.308.